The minimum Gasteiger partial charge on any atom is -0.492 e. The van der Waals surface area contributed by atoms with Gasteiger partial charge in [0.15, 0.2) is 11.5 Å². The van der Waals surface area contributed by atoms with Crippen molar-refractivity contribution in [2.75, 3.05) is 35.0 Å². The summed E-state index contributed by atoms with van der Waals surface area (Å²) in [6, 6.07) is -1.24. The maximum Gasteiger partial charge on any atom is 0.475 e. The summed E-state index contributed by atoms with van der Waals surface area (Å²) in [6.07, 6.45) is 1.59. The molecule has 5 N–H and O–H groups in total. The van der Waals surface area contributed by atoms with Crippen molar-refractivity contribution in [3.8, 4) is 23.0 Å². The molecule has 0 aromatic heterocycles. The molecule has 35 heavy (non-hydrogen) atoms. The molecule has 2 amide bonds. The van der Waals surface area contributed by atoms with Gasteiger partial charge in [-0.2, -0.15) is 0 Å². The first kappa shape index (κ1) is 28.5. The minimum atomic E-state index is -1.76. The molecule has 1 aromatic rings. The largest absolute Gasteiger partial charge is 0.492 e. The predicted molar refractivity (Wildman–Crippen MR) is 129 cm³/mol. The molecule has 1 aliphatic rings. The molecule has 0 saturated heterocycles. The van der Waals surface area contributed by atoms with Crippen LogP contribution >= 0.6 is 0 Å². The number of fused-ring (bicyclic) bond motifs is 1. The summed E-state index contributed by atoms with van der Waals surface area (Å²) in [7, 11) is 4.26. The molecule has 0 heterocycles. The molecule has 1 aromatic carbocycles. The molecular weight excluding hydrogens is 459 g/mol. The predicted octanol–water partition coefficient (Wildman–Crippen LogP) is -0.154. The molecular formula is C23H37BN2O9. The first-order valence-electron chi connectivity index (χ1n) is 11.6. The normalized spacial score (nSPS) is 16.6. The molecule has 0 spiro atoms. The number of ether oxygens (including phenoxy) is 4. The van der Waals surface area contributed by atoms with E-state index >= 15 is 0 Å². The van der Waals surface area contributed by atoms with Crippen molar-refractivity contribution >= 4 is 18.9 Å². The van der Waals surface area contributed by atoms with Crippen LogP contribution in [0.1, 0.15) is 37.8 Å². The number of aliphatic hydroxyl groups is 1. The molecule has 0 bridgehead atoms. The Morgan fingerprint density at radius 2 is 1.49 bits per heavy atom. The summed E-state index contributed by atoms with van der Waals surface area (Å²) >= 11 is 0. The van der Waals surface area contributed by atoms with Crippen LogP contribution in [0.2, 0.25) is 0 Å². The van der Waals surface area contributed by atoms with E-state index in [1.165, 1.54) is 28.4 Å². The van der Waals surface area contributed by atoms with Gasteiger partial charge in [-0.3, -0.25) is 9.59 Å². The van der Waals surface area contributed by atoms with Gasteiger partial charge in [-0.25, -0.2) is 0 Å². The number of aliphatic hydroxyl groups excluding tert-OH is 1. The molecule has 196 valence electrons. The number of benzene rings is 1. The second-order valence-corrected chi connectivity index (χ2v) is 8.93. The van der Waals surface area contributed by atoms with Gasteiger partial charge in [0.1, 0.15) is 6.04 Å². The fraction of sp³-hybridized carbons (Fsp3) is 0.652. The van der Waals surface area contributed by atoms with Crippen LogP contribution in [0.15, 0.2) is 0 Å². The van der Waals surface area contributed by atoms with Gasteiger partial charge >= 0.3 is 7.12 Å². The standard InChI is InChI=1S/C23H37BN2O9/c1-12(2)9-17(24(30)31)26-23(29)16(11-27)25-22(28)13-7-8-14-15(10-13)19(33-4)21(35-6)20(34-5)18(14)32-3/h12-13,16-17,27,30-31H,7-11H2,1-6H3,(H,25,28)(H,26,29)/t13?,16-,17?/m0/s1. The van der Waals surface area contributed by atoms with Crippen molar-refractivity contribution in [1.29, 1.82) is 0 Å². The lowest BCUT2D eigenvalue weighted by atomic mass is 9.75. The first-order chi connectivity index (χ1) is 16.6. The molecule has 11 nitrogen and oxygen atoms in total. The van der Waals surface area contributed by atoms with Crippen LogP contribution in [0.3, 0.4) is 0 Å². The van der Waals surface area contributed by atoms with Crippen molar-refractivity contribution < 1.29 is 43.7 Å². The van der Waals surface area contributed by atoms with E-state index in [2.05, 4.69) is 10.6 Å². The van der Waals surface area contributed by atoms with Crippen LogP contribution in [0, 0.1) is 11.8 Å². The smallest absolute Gasteiger partial charge is 0.475 e. The van der Waals surface area contributed by atoms with E-state index in [4.69, 9.17) is 18.9 Å². The average Bonchev–Trinajstić information content (AvgIpc) is 2.83. The summed E-state index contributed by atoms with van der Waals surface area (Å²) in [5.74, 6) is -0.704. The van der Waals surface area contributed by atoms with Crippen molar-refractivity contribution in [2.24, 2.45) is 11.8 Å². The van der Waals surface area contributed by atoms with Gasteiger partial charge < -0.3 is 44.7 Å². The average molecular weight is 496 g/mol. The van der Waals surface area contributed by atoms with Gasteiger partial charge in [0.25, 0.3) is 0 Å². The Hall–Kier alpha value is -2.70. The Labute approximate surface area is 206 Å². The fourth-order valence-corrected chi connectivity index (χ4v) is 4.46. The SMILES string of the molecule is COc1c2c(c(OC)c(OC)c1OC)CC(C(=O)N[C@@H](CO)C(=O)NC(CC(C)C)B(O)O)CC2. The van der Waals surface area contributed by atoms with Crippen LogP contribution in [-0.4, -0.2) is 81.1 Å². The van der Waals surface area contributed by atoms with Gasteiger partial charge in [-0.05, 0) is 31.6 Å². The molecule has 0 radical (unpaired) electrons. The summed E-state index contributed by atoms with van der Waals surface area (Å²) in [6.45, 7) is 3.11. The monoisotopic (exact) mass is 496 g/mol. The number of nitrogens with one attached hydrogen (secondary N) is 2. The lowest BCUT2D eigenvalue weighted by Gasteiger charge is -2.30. The first-order valence-corrected chi connectivity index (χ1v) is 11.6. The maximum atomic E-state index is 13.1. The number of hydrogen-bond donors (Lipinski definition) is 5. The Morgan fingerprint density at radius 1 is 0.943 bits per heavy atom. The van der Waals surface area contributed by atoms with E-state index in [9.17, 15) is 24.7 Å². The summed E-state index contributed by atoms with van der Waals surface area (Å²) in [5, 5.41) is 34.0. The molecule has 12 heteroatoms. The summed E-state index contributed by atoms with van der Waals surface area (Å²) < 4.78 is 22.2. The molecule has 1 aliphatic carbocycles. The highest BCUT2D eigenvalue weighted by molar-refractivity contribution is 6.43. The third-order valence-corrected chi connectivity index (χ3v) is 6.14. The van der Waals surface area contributed by atoms with Crippen molar-refractivity contribution in [3.63, 3.8) is 0 Å². The lowest BCUT2D eigenvalue weighted by molar-refractivity contribution is -0.132. The highest BCUT2D eigenvalue weighted by Gasteiger charge is 2.36. The third kappa shape index (κ3) is 6.50. The third-order valence-electron chi connectivity index (χ3n) is 6.14. The van der Waals surface area contributed by atoms with E-state index in [1.54, 1.807) is 0 Å². The van der Waals surface area contributed by atoms with Crippen LogP contribution in [0.4, 0.5) is 0 Å². The molecule has 2 unspecified atom stereocenters. The minimum absolute atomic E-state index is 0.0918. The van der Waals surface area contributed by atoms with Gasteiger partial charge in [0.05, 0.1) is 41.0 Å². The van der Waals surface area contributed by atoms with Crippen LogP contribution < -0.4 is 29.6 Å². The Bertz CT molecular complexity index is 869. The van der Waals surface area contributed by atoms with Gasteiger partial charge in [0, 0.05) is 17.0 Å². The van der Waals surface area contributed by atoms with E-state index in [1.807, 2.05) is 13.8 Å². The number of rotatable bonds is 12. The zero-order valence-corrected chi connectivity index (χ0v) is 21.2. The topological polar surface area (TPSA) is 156 Å². The van der Waals surface area contributed by atoms with Gasteiger partial charge in [-0.15, -0.1) is 0 Å². The molecule has 3 atom stereocenters. The Kier molecular flexibility index (Phi) is 10.5. The summed E-state index contributed by atoms with van der Waals surface area (Å²) in [4.78, 5) is 25.7. The highest BCUT2D eigenvalue weighted by Crippen LogP contribution is 2.52. The maximum absolute atomic E-state index is 13.1. The molecule has 0 fully saturated rings. The summed E-state index contributed by atoms with van der Waals surface area (Å²) in [5.41, 5.74) is 1.61. The Balaban J connectivity index is 2.23. The number of carbonyl (C=O) groups is 2. The second-order valence-electron chi connectivity index (χ2n) is 8.93. The zero-order chi connectivity index (χ0) is 26.3. The van der Waals surface area contributed by atoms with Crippen LogP contribution in [0.5, 0.6) is 23.0 Å². The molecule has 0 saturated carbocycles. The van der Waals surface area contributed by atoms with E-state index < -0.39 is 43.4 Å². The van der Waals surface area contributed by atoms with Crippen molar-refractivity contribution in [2.45, 2.75) is 51.5 Å². The zero-order valence-electron chi connectivity index (χ0n) is 21.2. The fourth-order valence-electron chi connectivity index (χ4n) is 4.46. The second kappa shape index (κ2) is 12.8. The van der Waals surface area contributed by atoms with Crippen LogP contribution in [-0.2, 0) is 22.4 Å². The molecule has 2 rings (SSSR count). The number of hydrogen-bond acceptors (Lipinski definition) is 9. The number of carbonyl (C=O) groups excluding carboxylic acids is 2. The molecule has 0 aliphatic heterocycles. The van der Waals surface area contributed by atoms with E-state index in [0.717, 1.165) is 11.1 Å². The van der Waals surface area contributed by atoms with Crippen molar-refractivity contribution in [1.82, 2.24) is 10.6 Å². The van der Waals surface area contributed by atoms with E-state index in [0.29, 0.717) is 48.7 Å². The lowest BCUT2D eigenvalue weighted by Crippen LogP contribution is -2.56. The van der Waals surface area contributed by atoms with Gasteiger partial charge in [0.2, 0.25) is 23.3 Å². The van der Waals surface area contributed by atoms with E-state index in [-0.39, 0.29) is 5.92 Å². The van der Waals surface area contributed by atoms with Crippen LogP contribution in [0.25, 0.3) is 0 Å². The number of amides is 2. The van der Waals surface area contributed by atoms with Gasteiger partial charge in [-0.1, -0.05) is 13.8 Å². The quantitative estimate of drug-likeness (QED) is 0.248. The Morgan fingerprint density at radius 3 is 1.94 bits per heavy atom. The van der Waals surface area contributed by atoms with Crippen molar-refractivity contribution in [3.05, 3.63) is 11.1 Å². The number of methoxy groups -OCH3 is 4. The highest BCUT2D eigenvalue weighted by atomic mass is 16.5.